The van der Waals surface area contributed by atoms with Crippen LogP contribution in [0.2, 0.25) is 0 Å². The van der Waals surface area contributed by atoms with Crippen molar-refractivity contribution in [3.63, 3.8) is 0 Å². The fourth-order valence-electron chi connectivity index (χ4n) is 2.26. The molecule has 0 saturated heterocycles. The number of H-pyrrole nitrogens is 1. The molecule has 0 bridgehead atoms. The second-order valence-electron chi connectivity index (χ2n) is 4.79. The van der Waals surface area contributed by atoms with Crippen LogP contribution < -0.4 is 11.1 Å². The molecule has 0 saturated carbocycles. The number of nitrogens with zero attached hydrogens (tertiary/aromatic N) is 2. The van der Waals surface area contributed by atoms with E-state index in [1.54, 1.807) is 30.3 Å². The number of hydrogen-bond donors (Lipinski definition) is 1. The Morgan fingerprint density at radius 1 is 1.23 bits per heavy atom. The molecule has 0 aliphatic rings. The van der Waals surface area contributed by atoms with E-state index >= 15 is 0 Å². The van der Waals surface area contributed by atoms with E-state index in [9.17, 15) is 14.0 Å². The van der Waals surface area contributed by atoms with Crippen LogP contribution in [0.5, 0.6) is 0 Å². The highest BCUT2D eigenvalue weighted by Crippen LogP contribution is 2.10. The first-order valence-corrected chi connectivity index (χ1v) is 6.50. The van der Waals surface area contributed by atoms with Gasteiger partial charge in [-0.15, -0.1) is 0 Å². The molecule has 3 rings (SSSR count). The molecule has 1 aromatic carbocycles. The second kappa shape index (κ2) is 5.30. The molecule has 0 amide bonds. The molecule has 0 radical (unpaired) electrons. The van der Waals surface area contributed by atoms with Crippen molar-refractivity contribution in [3.8, 4) is 6.07 Å². The Labute approximate surface area is 123 Å². The van der Waals surface area contributed by atoms with Crippen molar-refractivity contribution < 1.29 is 4.39 Å². The molecule has 2 heterocycles. The van der Waals surface area contributed by atoms with E-state index in [2.05, 4.69) is 4.98 Å². The fourth-order valence-corrected chi connectivity index (χ4v) is 2.26. The van der Waals surface area contributed by atoms with Gasteiger partial charge in [0.15, 0.2) is 0 Å². The zero-order valence-corrected chi connectivity index (χ0v) is 11.3. The van der Waals surface area contributed by atoms with Crippen LogP contribution in [0.15, 0.2) is 52.2 Å². The van der Waals surface area contributed by atoms with E-state index < -0.39 is 16.9 Å². The Morgan fingerprint density at radius 2 is 2.00 bits per heavy atom. The molecule has 0 fully saturated rings. The minimum atomic E-state index is -0.541. The Bertz CT molecular complexity index is 1030. The average Bonchev–Trinajstić information content (AvgIpc) is 2.52. The van der Waals surface area contributed by atoms with E-state index in [0.29, 0.717) is 11.1 Å². The van der Waals surface area contributed by atoms with Crippen LogP contribution in [0, 0.1) is 17.1 Å². The van der Waals surface area contributed by atoms with Crippen molar-refractivity contribution in [2.75, 3.05) is 0 Å². The summed E-state index contributed by atoms with van der Waals surface area (Å²) in [4.78, 5) is 26.5. The first kappa shape index (κ1) is 13.8. The summed E-state index contributed by atoms with van der Waals surface area (Å²) in [5.41, 5.74) is -0.337. The summed E-state index contributed by atoms with van der Waals surface area (Å²) in [5.74, 6) is -0.395. The zero-order valence-electron chi connectivity index (χ0n) is 11.3. The third kappa shape index (κ3) is 2.29. The maximum Gasteiger partial charge on any atom is 0.266 e. The van der Waals surface area contributed by atoms with E-state index in [-0.39, 0.29) is 17.5 Å². The Morgan fingerprint density at radius 3 is 2.73 bits per heavy atom. The molecule has 1 N–H and O–H groups in total. The number of benzene rings is 1. The topological polar surface area (TPSA) is 78.7 Å². The molecule has 5 nitrogen and oxygen atoms in total. The Hall–Kier alpha value is -3.20. The van der Waals surface area contributed by atoms with Gasteiger partial charge in [0.1, 0.15) is 17.4 Å². The number of hydrogen-bond acceptors (Lipinski definition) is 3. The summed E-state index contributed by atoms with van der Waals surface area (Å²) in [5, 5.41) is 9.10. The first-order valence-electron chi connectivity index (χ1n) is 6.50. The Kier molecular flexibility index (Phi) is 3.31. The van der Waals surface area contributed by atoms with Crippen molar-refractivity contribution >= 4 is 10.9 Å². The number of nitrogens with one attached hydrogen (secondary N) is 1. The average molecular weight is 295 g/mol. The lowest BCUT2D eigenvalue weighted by Crippen LogP contribution is -2.22. The van der Waals surface area contributed by atoms with Gasteiger partial charge >= 0.3 is 0 Å². The minimum Gasteiger partial charge on any atom is -0.321 e. The van der Waals surface area contributed by atoms with Gasteiger partial charge in [-0.25, -0.2) is 4.39 Å². The van der Waals surface area contributed by atoms with Crippen LogP contribution in [0.4, 0.5) is 4.39 Å². The van der Waals surface area contributed by atoms with E-state index in [0.717, 1.165) is 0 Å². The predicted molar refractivity (Wildman–Crippen MR) is 79.0 cm³/mol. The lowest BCUT2D eigenvalue weighted by molar-refractivity contribution is 0.597. The van der Waals surface area contributed by atoms with Crippen LogP contribution in [0.25, 0.3) is 10.9 Å². The van der Waals surface area contributed by atoms with Gasteiger partial charge in [-0.05, 0) is 18.2 Å². The van der Waals surface area contributed by atoms with Gasteiger partial charge in [-0.2, -0.15) is 5.26 Å². The van der Waals surface area contributed by atoms with E-state index in [1.807, 2.05) is 0 Å². The summed E-state index contributed by atoms with van der Waals surface area (Å²) < 4.78 is 15.0. The number of rotatable bonds is 2. The van der Waals surface area contributed by atoms with Crippen LogP contribution in [0.1, 0.15) is 11.1 Å². The lowest BCUT2D eigenvalue weighted by Gasteiger charge is -2.08. The summed E-state index contributed by atoms with van der Waals surface area (Å²) in [7, 11) is 0. The van der Waals surface area contributed by atoms with Gasteiger partial charge in [0.25, 0.3) is 11.1 Å². The van der Waals surface area contributed by atoms with Crippen LogP contribution in [0.3, 0.4) is 0 Å². The summed E-state index contributed by atoms with van der Waals surface area (Å²) in [6.07, 6.45) is 1.49. The van der Waals surface area contributed by atoms with Crippen molar-refractivity contribution in [2.45, 2.75) is 6.54 Å². The van der Waals surface area contributed by atoms with Gasteiger partial charge in [-0.1, -0.05) is 18.2 Å². The number of nitriles is 1. The predicted octanol–water partition coefficient (Wildman–Crippen LogP) is 1.75. The van der Waals surface area contributed by atoms with Crippen LogP contribution in [-0.4, -0.2) is 9.55 Å². The van der Waals surface area contributed by atoms with Crippen molar-refractivity contribution in [2.24, 2.45) is 0 Å². The maximum absolute atomic E-state index is 13.7. The zero-order chi connectivity index (χ0) is 15.7. The van der Waals surface area contributed by atoms with Crippen molar-refractivity contribution in [1.29, 1.82) is 5.26 Å². The quantitative estimate of drug-likeness (QED) is 0.782. The van der Waals surface area contributed by atoms with Gasteiger partial charge in [0.2, 0.25) is 0 Å². The third-order valence-corrected chi connectivity index (χ3v) is 3.40. The number of aromatic amines is 1. The molecule has 108 valence electrons. The minimum absolute atomic E-state index is 0.0719. The largest absolute Gasteiger partial charge is 0.321 e. The van der Waals surface area contributed by atoms with Crippen molar-refractivity contribution in [3.05, 3.63) is 80.2 Å². The molecular weight excluding hydrogens is 285 g/mol. The first-order chi connectivity index (χ1) is 10.6. The number of halogens is 1. The number of aromatic nitrogens is 2. The summed E-state index contributed by atoms with van der Waals surface area (Å²) >= 11 is 0. The normalized spacial score (nSPS) is 10.5. The van der Waals surface area contributed by atoms with Crippen LogP contribution >= 0.6 is 0 Å². The SMILES string of the molecule is N#Cc1cc2c(=O)n(Cc3ccccc3F)ccc2[nH]c1=O. The summed E-state index contributed by atoms with van der Waals surface area (Å²) in [6, 6.07) is 10.7. The van der Waals surface area contributed by atoms with Gasteiger partial charge in [0.05, 0.1) is 17.4 Å². The fraction of sp³-hybridized carbons (Fsp3) is 0.0625. The second-order valence-corrected chi connectivity index (χ2v) is 4.79. The molecule has 6 heteroatoms. The third-order valence-electron chi connectivity index (χ3n) is 3.40. The van der Waals surface area contributed by atoms with Gasteiger partial charge < -0.3 is 9.55 Å². The van der Waals surface area contributed by atoms with E-state index in [1.165, 1.54) is 22.9 Å². The highest BCUT2D eigenvalue weighted by molar-refractivity contribution is 5.78. The number of fused-ring (bicyclic) bond motifs is 1. The number of pyridine rings is 2. The Balaban J connectivity index is 2.17. The standard InChI is InChI=1S/C16H10FN3O2/c17-13-4-2-1-3-10(13)9-20-6-5-14-12(16(20)22)7-11(8-18)15(21)19-14/h1-7H,9H2,(H,19,21). The summed E-state index contributed by atoms with van der Waals surface area (Å²) in [6.45, 7) is 0.0719. The smallest absolute Gasteiger partial charge is 0.266 e. The molecule has 3 aromatic rings. The van der Waals surface area contributed by atoms with Gasteiger partial charge in [-0.3, -0.25) is 9.59 Å². The highest BCUT2D eigenvalue weighted by atomic mass is 19.1. The molecule has 0 aliphatic heterocycles. The molecule has 0 spiro atoms. The van der Waals surface area contributed by atoms with Crippen molar-refractivity contribution in [1.82, 2.24) is 9.55 Å². The highest BCUT2D eigenvalue weighted by Gasteiger charge is 2.09. The van der Waals surface area contributed by atoms with Gasteiger partial charge in [0, 0.05) is 11.8 Å². The molecule has 0 aliphatic carbocycles. The van der Waals surface area contributed by atoms with Crippen LogP contribution in [-0.2, 0) is 6.54 Å². The monoisotopic (exact) mass is 295 g/mol. The molecule has 0 unspecified atom stereocenters. The maximum atomic E-state index is 13.7. The lowest BCUT2D eigenvalue weighted by atomic mass is 10.2. The molecule has 2 aromatic heterocycles. The molecule has 22 heavy (non-hydrogen) atoms. The molecular formula is C16H10FN3O2. The van der Waals surface area contributed by atoms with E-state index in [4.69, 9.17) is 5.26 Å². The molecule has 0 atom stereocenters.